The van der Waals surface area contributed by atoms with E-state index in [0.29, 0.717) is 11.4 Å². The molecule has 0 saturated carbocycles. The number of fused-ring (bicyclic) bond motifs is 3. The third-order valence-corrected chi connectivity index (χ3v) is 5.77. The minimum atomic E-state index is -0.658. The Bertz CT molecular complexity index is 1490. The van der Waals surface area contributed by atoms with Crippen LogP contribution in [0.1, 0.15) is 37.6 Å². The Kier molecular flexibility index (Phi) is 4.57. The van der Waals surface area contributed by atoms with Crippen LogP contribution in [-0.2, 0) is 18.4 Å². The fourth-order valence-electron chi connectivity index (χ4n) is 3.79. The third kappa shape index (κ3) is 3.13. The summed E-state index contributed by atoms with van der Waals surface area (Å²) in [6.07, 6.45) is 1.84. The summed E-state index contributed by atoms with van der Waals surface area (Å²) in [5.74, 6) is 0.365. The molecule has 0 unspecified atom stereocenters. The Balaban J connectivity index is 2.06. The quantitative estimate of drug-likeness (QED) is 0.509. The first-order chi connectivity index (χ1) is 14.4. The highest BCUT2D eigenvalue weighted by atomic mass is 16.2. The SMILES string of the molecule is Cc1ccc(C)c(-n2c(C)cn3c4c(=O)n(CC(=O)C(C)(C)C)c(=O)n(C)c4nc23)c1. The van der Waals surface area contributed by atoms with E-state index in [0.717, 1.165) is 27.1 Å². The summed E-state index contributed by atoms with van der Waals surface area (Å²) in [5.41, 5.74) is 2.91. The zero-order chi connectivity index (χ0) is 22.8. The average molecular weight is 422 g/mol. The zero-order valence-electron chi connectivity index (χ0n) is 19.0. The standard InChI is InChI=1S/C23H27N5O3/c1-13-8-9-14(2)16(10-13)28-15(3)11-26-18-19(24-21(26)28)25(7)22(31)27(20(18)30)12-17(29)23(4,5)6/h8-11H,12H2,1-7H3. The summed E-state index contributed by atoms with van der Waals surface area (Å²) in [4.78, 5) is 43.5. The second-order valence-corrected chi connectivity index (χ2v) is 9.26. The molecule has 0 saturated heterocycles. The second kappa shape index (κ2) is 6.80. The Morgan fingerprint density at radius 2 is 1.77 bits per heavy atom. The molecule has 0 fully saturated rings. The number of carbonyl (C=O) groups excluding carboxylic acids is 1. The van der Waals surface area contributed by atoms with Crippen molar-refractivity contribution in [2.45, 2.75) is 48.1 Å². The number of aromatic nitrogens is 5. The molecule has 4 rings (SSSR count). The van der Waals surface area contributed by atoms with Crippen LogP contribution in [0.2, 0.25) is 0 Å². The molecule has 4 aromatic rings. The first kappa shape index (κ1) is 20.8. The molecule has 0 N–H and O–H groups in total. The molecule has 8 nitrogen and oxygen atoms in total. The third-order valence-electron chi connectivity index (χ3n) is 5.77. The molecule has 0 aliphatic carbocycles. The summed E-state index contributed by atoms with van der Waals surface area (Å²) >= 11 is 0. The second-order valence-electron chi connectivity index (χ2n) is 9.26. The number of hydrogen-bond acceptors (Lipinski definition) is 4. The van der Waals surface area contributed by atoms with Crippen LogP contribution in [0.3, 0.4) is 0 Å². The van der Waals surface area contributed by atoms with Gasteiger partial charge in [0.2, 0.25) is 5.78 Å². The summed E-state index contributed by atoms with van der Waals surface area (Å²) in [6, 6.07) is 6.16. The molecule has 0 aliphatic heterocycles. The Hall–Kier alpha value is -3.42. The van der Waals surface area contributed by atoms with Crippen LogP contribution >= 0.6 is 0 Å². The highest BCUT2D eigenvalue weighted by Gasteiger charge is 2.26. The zero-order valence-corrected chi connectivity index (χ0v) is 19.0. The molecular formula is C23H27N5O3. The van der Waals surface area contributed by atoms with Crippen LogP contribution in [0.25, 0.3) is 22.6 Å². The summed E-state index contributed by atoms with van der Waals surface area (Å²) < 4.78 is 6.04. The predicted molar refractivity (Wildman–Crippen MR) is 120 cm³/mol. The number of rotatable bonds is 3. The highest BCUT2D eigenvalue weighted by Crippen LogP contribution is 2.24. The molecule has 0 amide bonds. The van der Waals surface area contributed by atoms with Gasteiger partial charge in [0.25, 0.3) is 5.56 Å². The molecule has 1 aromatic carbocycles. The van der Waals surface area contributed by atoms with E-state index in [1.807, 2.05) is 43.7 Å². The molecular weight excluding hydrogens is 394 g/mol. The lowest BCUT2D eigenvalue weighted by atomic mass is 9.91. The first-order valence-electron chi connectivity index (χ1n) is 10.2. The maximum atomic E-state index is 13.3. The van der Waals surface area contributed by atoms with Crippen LogP contribution in [0.4, 0.5) is 0 Å². The predicted octanol–water partition coefficient (Wildman–Crippen LogP) is 2.68. The summed E-state index contributed by atoms with van der Waals surface area (Å²) in [7, 11) is 1.57. The molecule has 3 heterocycles. The van der Waals surface area contributed by atoms with Gasteiger partial charge in [-0.2, -0.15) is 4.98 Å². The lowest BCUT2D eigenvalue weighted by Crippen LogP contribution is -2.42. The van der Waals surface area contributed by atoms with Gasteiger partial charge in [0.05, 0.1) is 12.2 Å². The smallest absolute Gasteiger partial charge is 0.297 e. The van der Waals surface area contributed by atoms with Crippen molar-refractivity contribution in [1.29, 1.82) is 0 Å². The van der Waals surface area contributed by atoms with Gasteiger partial charge in [-0.3, -0.25) is 27.7 Å². The van der Waals surface area contributed by atoms with Gasteiger partial charge < -0.3 is 0 Å². The average Bonchev–Trinajstić information content (AvgIpc) is 3.19. The molecule has 0 aliphatic rings. The van der Waals surface area contributed by atoms with Gasteiger partial charge in [0.1, 0.15) is 0 Å². The molecule has 3 aromatic heterocycles. The number of hydrogen-bond donors (Lipinski definition) is 0. The monoisotopic (exact) mass is 421 g/mol. The van der Waals surface area contributed by atoms with Gasteiger partial charge in [-0.1, -0.05) is 32.9 Å². The summed E-state index contributed by atoms with van der Waals surface area (Å²) in [5, 5.41) is 0. The van der Waals surface area contributed by atoms with Crippen LogP contribution in [0, 0.1) is 26.2 Å². The van der Waals surface area contributed by atoms with E-state index in [1.54, 1.807) is 32.2 Å². The van der Waals surface area contributed by atoms with Crippen molar-refractivity contribution in [3.8, 4) is 5.69 Å². The Morgan fingerprint density at radius 1 is 1.10 bits per heavy atom. The number of aryl methyl sites for hydroxylation is 4. The number of ketones is 1. The van der Waals surface area contributed by atoms with Crippen molar-refractivity contribution < 1.29 is 4.79 Å². The van der Waals surface area contributed by atoms with Gasteiger partial charge in [-0.25, -0.2) is 4.79 Å². The fourth-order valence-corrected chi connectivity index (χ4v) is 3.79. The van der Waals surface area contributed by atoms with Gasteiger partial charge in [0.15, 0.2) is 16.9 Å². The summed E-state index contributed by atoms with van der Waals surface area (Å²) in [6.45, 7) is 11.0. The van der Waals surface area contributed by atoms with Crippen molar-refractivity contribution >= 4 is 22.7 Å². The minimum absolute atomic E-state index is 0.184. The van der Waals surface area contributed by atoms with E-state index in [1.165, 1.54) is 4.57 Å². The number of benzene rings is 1. The van der Waals surface area contributed by atoms with Crippen molar-refractivity contribution in [3.05, 3.63) is 62.1 Å². The fraction of sp³-hybridized carbons (Fsp3) is 0.391. The molecule has 0 radical (unpaired) electrons. The first-order valence-corrected chi connectivity index (χ1v) is 10.2. The van der Waals surface area contributed by atoms with Crippen molar-refractivity contribution in [1.82, 2.24) is 23.1 Å². The van der Waals surface area contributed by atoms with Gasteiger partial charge >= 0.3 is 5.69 Å². The molecule has 0 spiro atoms. The van der Waals surface area contributed by atoms with E-state index < -0.39 is 16.7 Å². The van der Waals surface area contributed by atoms with E-state index in [4.69, 9.17) is 0 Å². The maximum absolute atomic E-state index is 13.3. The lowest BCUT2D eigenvalue weighted by Gasteiger charge is -2.17. The molecule has 31 heavy (non-hydrogen) atoms. The number of carbonyl (C=O) groups is 1. The van der Waals surface area contributed by atoms with Gasteiger partial charge in [-0.05, 0) is 38.0 Å². The van der Waals surface area contributed by atoms with Crippen molar-refractivity contribution in [3.63, 3.8) is 0 Å². The van der Waals surface area contributed by atoms with Crippen molar-refractivity contribution in [2.75, 3.05) is 0 Å². The topological polar surface area (TPSA) is 83.3 Å². The maximum Gasteiger partial charge on any atom is 0.332 e. The number of imidazole rings is 2. The molecule has 8 heteroatoms. The molecule has 0 atom stereocenters. The number of Topliss-reactive ketones (excluding diaryl/α,β-unsaturated/α-hetero) is 1. The molecule has 0 bridgehead atoms. The van der Waals surface area contributed by atoms with E-state index >= 15 is 0 Å². The normalized spacial score (nSPS) is 12.2. The van der Waals surface area contributed by atoms with Crippen LogP contribution < -0.4 is 11.2 Å². The highest BCUT2D eigenvalue weighted by molar-refractivity contribution is 5.84. The molecule has 162 valence electrons. The Morgan fingerprint density at radius 3 is 2.42 bits per heavy atom. The van der Waals surface area contributed by atoms with Crippen molar-refractivity contribution in [2.24, 2.45) is 12.5 Å². The van der Waals surface area contributed by atoms with E-state index in [-0.39, 0.29) is 17.8 Å². The lowest BCUT2D eigenvalue weighted by molar-refractivity contribution is -0.127. The Labute approximate surface area is 179 Å². The van der Waals surface area contributed by atoms with Crippen LogP contribution in [0.15, 0.2) is 34.0 Å². The van der Waals surface area contributed by atoms with E-state index in [2.05, 4.69) is 11.1 Å². The van der Waals surface area contributed by atoms with Crippen LogP contribution in [0.5, 0.6) is 0 Å². The van der Waals surface area contributed by atoms with Crippen LogP contribution in [-0.4, -0.2) is 28.9 Å². The van der Waals surface area contributed by atoms with Gasteiger partial charge in [-0.15, -0.1) is 0 Å². The minimum Gasteiger partial charge on any atom is -0.297 e. The van der Waals surface area contributed by atoms with Gasteiger partial charge in [0, 0.05) is 24.4 Å². The largest absolute Gasteiger partial charge is 0.332 e. The van der Waals surface area contributed by atoms with E-state index in [9.17, 15) is 14.4 Å². The number of nitrogens with zero attached hydrogens (tertiary/aromatic N) is 5.